The highest BCUT2D eigenvalue weighted by molar-refractivity contribution is 5.90. The molecule has 0 radical (unpaired) electrons. The molecule has 1 heterocycles. The predicted octanol–water partition coefficient (Wildman–Crippen LogP) is 3.98. The molecule has 1 N–H and O–H groups in total. The first-order chi connectivity index (χ1) is 11.6. The van der Waals surface area contributed by atoms with Crippen LogP contribution in [0.2, 0.25) is 0 Å². The maximum absolute atomic E-state index is 11.9. The Morgan fingerprint density at radius 2 is 2.00 bits per heavy atom. The van der Waals surface area contributed by atoms with E-state index in [1.54, 1.807) is 0 Å². The maximum Gasteiger partial charge on any atom is 0.231 e. The van der Waals surface area contributed by atoms with E-state index in [4.69, 9.17) is 14.2 Å². The van der Waals surface area contributed by atoms with Gasteiger partial charge in [-0.15, -0.1) is 0 Å². The number of rotatable bonds is 6. The summed E-state index contributed by atoms with van der Waals surface area (Å²) in [6.07, 6.45) is 0.512. The lowest BCUT2D eigenvalue weighted by atomic mass is 10.1. The zero-order chi connectivity index (χ0) is 16.9. The number of nitrogens with one attached hydrogen (secondary N) is 1. The summed E-state index contributed by atoms with van der Waals surface area (Å²) in [6.45, 7) is 4.70. The highest BCUT2D eigenvalue weighted by Crippen LogP contribution is 2.35. The van der Waals surface area contributed by atoms with Crippen LogP contribution in [0.3, 0.4) is 0 Å². The van der Waals surface area contributed by atoms with Crippen molar-refractivity contribution in [3.63, 3.8) is 0 Å². The normalized spacial score (nSPS) is 12.3. The fourth-order valence-electron chi connectivity index (χ4n) is 2.45. The van der Waals surface area contributed by atoms with Gasteiger partial charge in [-0.3, -0.25) is 4.79 Å². The summed E-state index contributed by atoms with van der Waals surface area (Å²) in [7, 11) is 0. The molecule has 0 atom stereocenters. The Kier molecular flexibility index (Phi) is 4.89. The second kappa shape index (κ2) is 7.25. The fourth-order valence-corrected chi connectivity index (χ4v) is 2.45. The van der Waals surface area contributed by atoms with Gasteiger partial charge < -0.3 is 19.5 Å². The quantitative estimate of drug-likeness (QED) is 0.872. The van der Waals surface area contributed by atoms with Gasteiger partial charge in [0.05, 0.1) is 0 Å². The summed E-state index contributed by atoms with van der Waals surface area (Å²) in [5, 5.41) is 2.91. The number of carbonyl (C=O) groups is 1. The molecule has 0 saturated carbocycles. The Morgan fingerprint density at radius 1 is 1.17 bits per heavy atom. The molecule has 5 nitrogen and oxygen atoms in total. The molecule has 3 rings (SSSR count). The highest BCUT2D eigenvalue weighted by atomic mass is 16.7. The summed E-state index contributed by atoms with van der Waals surface area (Å²) < 4.78 is 16.4. The second-order valence-corrected chi connectivity index (χ2v) is 6.15. The summed E-state index contributed by atoms with van der Waals surface area (Å²) in [5.74, 6) is 2.51. The molecule has 0 bridgehead atoms. The Bertz CT molecular complexity index is 727. The Hall–Kier alpha value is -2.69. The van der Waals surface area contributed by atoms with Gasteiger partial charge in [-0.1, -0.05) is 26.0 Å². The molecule has 5 heteroatoms. The Morgan fingerprint density at radius 3 is 2.83 bits per heavy atom. The number of carbonyl (C=O) groups excluding carboxylic acids is 1. The lowest BCUT2D eigenvalue weighted by Crippen LogP contribution is -2.14. The van der Waals surface area contributed by atoms with Gasteiger partial charge in [0.1, 0.15) is 12.4 Å². The van der Waals surface area contributed by atoms with Crippen LogP contribution in [0.5, 0.6) is 17.2 Å². The van der Waals surface area contributed by atoms with Crippen molar-refractivity contribution in [2.45, 2.75) is 26.9 Å². The molecule has 1 aliphatic rings. The number of hydrogen-bond donors (Lipinski definition) is 1. The van der Waals surface area contributed by atoms with E-state index in [2.05, 4.69) is 5.32 Å². The molecule has 0 aliphatic carbocycles. The lowest BCUT2D eigenvalue weighted by molar-refractivity contribution is -0.116. The molecule has 0 spiro atoms. The molecule has 0 saturated heterocycles. The Labute approximate surface area is 141 Å². The van der Waals surface area contributed by atoms with Crippen molar-refractivity contribution < 1.29 is 19.0 Å². The van der Waals surface area contributed by atoms with Crippen molar-refractivity contribution in [1.29, 1.82) is 0 Å². The number of amides is 1. The molecule has 24 heavy (non-hydrogen) atoms. The largest absolute Gasteiger partial charge is 0.489 e. The summed E-state index contributed by atoms with van der Waals surface area (Å²) in [6, 6.07) is 13.2. The third kappa shape index (κ3) is 4.19. The number of fused-ring (bicyclic) bond motifs is 1. The predicted molar refractivity (Wildman–Crippen MR) is 91.4 cm³/mol. The van der Waals surface area contributed by atoms with Crippen molar-refractivity contribution >= 4 is 11.6 Å². The average molecular weight is 327 g/mol. The first kappa shape index (κ1) is 16.2. The molecule has 1 amide bonds. The molecule has 1 aliphatic heterocycles. The first-order valence-corrected chi connectivity index (χ1v) is 8.01. The SMILES string of the molecule is CC(C)CC(=O)Nc1cccc(COc2ccc3c(c2)OCO3)c1. The van der Waals surface area contributed by atoms with Crippen LogP contribution < -0.4 is 19.5 Å². The van der Waals surface area contributed by atoms with Gasteiger partial charge in [0.25, 0.3) is 0 Å². The number of benzene rings is 2. The van der Waals surface area contributed by atoms with Gasteiger partial charge in [0.2, 0.25) is 12.7 Å². The monoisotopic (exact) mass is 327 g/mol. The molecule has 2 aromatic rings. The van der Waals surface area contributed by atoms with E-state index in [1.807, 2.05) is 56.3 Å². The molecular formula is C19H21NO4. The second-order valence-electron chi connectivity index (χ2n) is 6.15. The van der Waals surface area contributed by atoms with Gasteiger partial charge in [0, 0.05) is 18.2 Å². The molecule has 0 fully saturated rings. The summed E-state index contributed by atoms with van der Waals surface area (Å²) >= 11 is 0. The van der Waals surface area contributed by atoms with Crippen molar-refractivity contribution in [3.8, 4) is 17.2 Å². The number of hydrogen-bond acceptors (Lipinski definition) is 4. The van der Waals surface area contributed by atoms with E-state index in [0.29, 0.717) is 30.4 Å². The molecular weight excluding hydrogens is 306 g/mol. The average Bonchev–Trinajstić information content (AvgIpc) is 3.00. The van der Waals surface area contributed by atoms with E-state index >= 15 is 0 Å². The minimum Gasteiger partial charge on any atom is -0.489 e. The van der Waals surface area contributed by atoms with Crippen LogP contribution in [0, 0.1) is 5.92 Å². The highest BCUT2D eigenvalue weighted by Gasteiger charge is 2.13. The van der Waals surface area contributed by atoms with E-state index in [-0.39, 0.29) is 12.7 Å². The third-order valence-corrected chi connectivity index (χ3v) is 3.55. The van der Waals surface area contributed by atoms with Crippen molar-refractivity contribution in [2.75, 3.05) is 12.1 Å². The van der Waals surface area contributed by atoms with E-state index in [1.165, 1.54) is 0 Å². The van der Waals surface area contributed by atoms with Crippen LogP contribution in [-0.2, 0) is 11.4 Å². The molecule has 126 valence electrons. The van der Waals surface area contributed by atoms with Gasteiger partial charge >= 0.3 is 0 Å². The van der Waals surface area contributed by atoms with E-state index < -0.39 is 0 Å². The van der Waals surface area contributed by atoms with Gasteiger partial charge in [-0.2, -0.15) is 0 Å². The van der Waals surface area contributed by atoms with Gasteiger partial charge in [0.15, 0.2) is 11.5 Å². The van der Waals surface area contributed by atoms with Crippen molar-refractivity contribution in [3.05, 3.63) is 48.0 Å². The maximum atomic E-state index is 11.9. The smallest absolute Gasteiger partial charge is 0.231 e. The van der Waals surface area contributed by atoms with Gasteiger partial charge in [-0.05, 0) is 35.7 Å². The minimum absolute atomic E-state index is 0.0267. The molecule has 0 aromatic heterocycles. The Balaban J connectivity index is 1.59. The summed E-state index contributed by atoms with van der Waals surface area (Å²) in [5.41, 5.74) is 1.77. The van der Waals surface area contributed by atoms with Crippen molar-refractivity contribution in [2.24, 2.45) is 5.92 Å². The number of ether oxygens (including phenoxy) is 3. The summed E-state index contributed by atoms with van der Waals surface area (Å²) in [4.78, 5) is 11.9. The standard InChI is InChI=1S/C19H21NO4/c1-13(2)8-19(21)20-15-5-3-4-14(9-15)11-22-16-6-7-17-18(10-16)24-12-23-17/h3-7,9-10,13H,8,11-12H2,1-2H3,(H,20,21). The topological polar surface area (TPSA) is 56.8 Å². The van der Waals surface area contributed by atoms with Crippen LogP contribution in [0.1, 0.15) is 25.8 Å². The van der Waals surface area contributed by atoms with Crippen LogP contribution in [0.25, 0.3) is 0 Å². The lowest BCUT2D eigenvalue weighted by Gasteiger charge is -2.10. The van der Waals surface area contributed by atoms with Crippen LogP contribution in [0.4, 0.5) is 5.69 Å². The fraction of sp³-hybridized carbons (Fsp3) is 0.316. The van der Waals surface area contributed by atoms with Crippen molar-refractivity contribution in [1.82, 2.24) is 0 Å². The van der Waals surface area contributed by atoms with E-state index in [9.17, 15) is 4.79 Å². The first-order valence-electron chi connectivity index (χ1n) is 8.01. The third-order valence-electron chi connectivity index (χ3n) is 3.55. The van der Waals surface area contributed by atoms with E-state index in [0.717, 1.165) is 17.0 Å². The zero-order valence-corrected chi connectivity index (χ0v) is 13.9. The zero-order valence-electron chi connectivity index (χ0n) is 13.9. The minimum atomic E-state index is 0.0267. The molecule has 0 unspecified atom stereocenters. The number of anilines is 1. The van der Waals surface area contributed by atoms with Gasteiger partial charge in [-0.25, -0.2) is 0 Å². The van der Waals surface area contributed by atoms with Crippen LogP contribution >= 0.6 is 0 Å². The molecule has 2 aromatic carbocycles. The van der Waals surface area contributed by atoms with Crippen LogP contribution in [-0.4, -0.2) is 12.7 Å². The van der Waals surface area contributed by atoms with Crippen LogP contribution in [0.15, 0.2) is 42.5 Å².